The fourth-order valence-electron chi connectivity index (χ4n) is 10.1. The summed E-state index contributed by atoms with van der Waals surface area (Å²) >= 11 is 0. The zero-order chi connectivity index (χ0) is 66.6. The van der Waals surface area contributed by atoms with Crippen molar-refractivity contribution in [3.63, 3.8) is 0 Å². The minimum atomic E-state index is -1.63. The van der Waals surface area contributed by atoms with Crippen LogP contribution in [0.4, 0.5) is 0 Å². The molecule has 0 aromatic rings. The van der Waals surface area contributed by atoms with E-state index in [9.17, 15) is 53.4 Å². The van der Waals surface area contributed by atoms with E-state index in [0.29, 0.717) is 6.42 Å². The van der Waals surface area contributed by atoms with Gasteiger partial charge in [-0.15, -0.1) is 0 Å². The van der Waals surface area contributed by atoms with Crippen LogP contribution < -0.4 is 21.7 Å². The number of rotatable bonds is 35. The van der Waals surface area contributed by atoms with E-state index in [1.807, 2.05) is 55.4 Å². The van der Waals surface area contributed by atoms with E-state index in [2.05, 4.69) is 16.0 Å². The van der Waals surface area contributed by atoms with Crippen molar-refractivity contribution in [2.75, 3.05) is 55.9 Å². The molecule has 0 radical (unpaired) electrons. The summed E-state index contributed by atoms with van der Waals surface area (Å²) in [5, 5.41) is 30.3. The maximum absolute atomic E-state index is 15.1. The number of nitrogens with zero attached hydrogens (tertiary/aromatic N) is 7. The summed E-state index contributed by atoms with van der Waals surface area (Å²) in [7, 11) is 9.75. The maximum Gasteiger partial charge on any atom is 0.246 e. The summed E-state index contributed by atoms with van der Waals surface area (Å²) in [5.41, 5.74) is 5.42. The van der Waals surface area contributed by atoms with E-state index in [-0.39, 0.29) is 61.2 Å². The summed E-state index contributed by atoms with van der Waals surface area (Å²) in [5.74, 6) is -9.21. The number of carbonyl (C=O) groups is 11. The molecular formula is C61H111N11O13. The average Bonchev–Trinajstić information content (AvgIpc) is 2.48. The molecule has 85 heavy (non-hydrogen) atoms. The second-order valence-electron chi connectivity index (χ2n) is 25.3. The van der Waals surface area contributed by atoms with Gasteiger partial charge in [0.25, 0.3) is 0 Å². The summed E-state index contributed by atoms with van der Waals surface area (Å²) in [6.45, 7) is 29.1. The first-order valence-electron chi connectivity index (χ1n) is 30.1. The molecule has 24 nitrogen and oxygen atoms in total. The average molecular weight is 1210 g/mol. The van der Waals surface area contributed by atoms with Gasteiger partial charge >= 0.3 is 0 Å². The molecule has 0 bridgehead atoms. The normalized spacial score (nSPS) is 16.4. The number of carbonyl (C=O) groups excluding carboxylic acids is 11. The van der Waals surface area contributed by atoms with Crippen LogP contribution in [0.2, 0.25) is 0 Å². The quantitative estimate of drug-likeness (QED) is 0.0497. The number of likely N-dealkylation sites (N-methyl/N-ethyl adjacent to an activating group) is 7. The second kappa shape index (κ2) is 36.1. The first kappa shape index (κ1) is 78.8. The molecule has 488 valence electrons. The Morgan fingerprint density at radius 1 is 0.482 bits per heavy atom. The zero-order valence-corrected chi connectivity index (χ0v) is 55.9. The number of hydrogen-bond donors (Lipinski definition) is 6. The smallest absolute Gasteiger partial charge is 0.246 e. The standard InChI is InChI=1S/C61H111N11O13/c1-25-27-28-38(13)51(75)50(55(79)64-43(26-2)58(82)66(18)32-47(74)70(22)49(42(17)73)52(62)76)72(24)61(85)48(37(11)12)71(23)60(84)46(31-35(7)8)69(21)59(83)45(30-34(5)6)68(20)57(81)40(15)63-54(78)44(29-33(3)4)65-53(77)41(16)67(19)56(80)39(14)36(9)10/h25,27,33-46,48-51,73,75H,26,28-32H2,1-24H3,(H2,62,76)(H,63,78)(H,64,79)(H,65,77)/b27-25+/t38-,39+,40+,41+,42+,43-,44-,45+,46-,48-,49?,50?,51+/m1/s1. The van der Waals surface area contributed by atoms with Crippen LogP contribution in [0.1, 0.15) is 150 Å². The highest BCUT2D eigenvalue weighted by Gasteiger charge is 2.45. The molecule has 24 heteroatoms. The van der Waals surface area contributed by atoms with Crippen molar-refractivity contribution < 1.29 is 63.0 Å². The predicted octanol–water partition coefficient (Wildman–Crippen LogP) is 2.23. The zero-order valence-electron chi connectivity index (χ0n) is 55.9. The van der Waals surface area contributed by atoms with E-state index in [1.54, 1.807) is 60.6 Å². The Kier molecular flexibility index (Phi) is 33.5. The van der Waals surface area contributed by atoms with Crippen LogP contribution in [0.5, 0.6) is 0 Å². The Bertz CT molecular complexity index is 2290. The number of aliphatic hydroxyl groups excluding tert-OH is 2. The van der Waals surface area contributed by atoms with Gasteiger partial charge in [0.2, 0.25) is 65.0 Å². The molecule has 11 amide bonds. The van der Waals surface area contributed by atoms with Crippen LogP contribution in [0.15, 0.2) is 12.2 Å². The van der Waals surface area contributed by atoms with Gasteiger partial charge < -0.3 is 66.2 Å². The van der Waals surface area contributed by atoms with Gasteiger partial charge in [-0.05, 0) is 95.3 Å². The molecule has 7 N–H and O–H groups in total. The third-order valence-corrected chi connectivity index (χ3v) is 16.0. The first-order valence-corrected chi connectivity index (χ1v) is 30.1. The Balaban J connectivity index is 7.14. The molecule has 0 rings (SSSR count). The van der Waals surface area contributed by atoms with Gasteiger partial charge in [0.05, 0.1) is 18.8 Å². The van der Waals surface area contributed by atoms with Gasteiger partial charge in [-0.25, -0.2) is 0 Å². The molecule has 0 saturated heterocycles. The molecular weight excluding hydrogens is 1090 g/mol. The van der Waals surface area contributed by atoms with Crippen molar-refractivity contribution in [3.8, 4) is 0 Å². The largest absolute Gasteiger partial charge is 0.391 e. The van der Waals surface area contributed by atoms with E-state index in [4.69, 9.17) is 5.73 Å². The van der Waals surface area contributed by atoms with Crippen LogP contribution in [-0.2, 0) is 52.7 Å². The number of nitrogens with one attached hydrogen (secondary N) is 3. The van der Waals surface area contributed by atoms with Crippen LogP contribution >= 0.6 is 0 Å². The van der Waals surface area contributed by atoms with E-state index >= 15 is 9.59 Å². The van der Waals surface area contributed by atoms with E-state index < -0.39 is 144 Å². The minimum absolute atomic E-state index is 0.0135. The van der Waals surface area contributed by atoms with Crippen molar-refractivity contribution in [1.82, 2.24) is 50.2 Å². The van der Waals surface area contributed by atoms with Crippen molar-refractivity contribution in [2.45, 2.75) is 216 Å². The lowest BCUT2D eigenvalue weighted by molar-refractivity contribution is -0.157. The number of nitrogens with two attached hydrogens (primary N) is 1. The Labute approximate surface area is 508 Å². The molecule has 0 spiro atoms. The SMILES string of the molecule is C/C=C/C[C@@H](C)[C@H](O)C(C(=O)N[C@H](CC)C(=O)N(C)CC(=O)N(C)C(C(N)=O)[C@H](C)O)N(C)C(=O)[C@@H](C(C)C)N(C)C(=O)[C@@H](CC(C)C)N(C)C(=O)[C@H](CC(C)C)N(C)C(=O)[C@H](C)NC(=O)[C@@H](CC(C)C)NC(=O)[C@H](C)N(C)C(=O)[C@@H](C)C(C)C. The molecule has 0 aromatic heterocycles. The molecule has 0 aliphatic rings. The molecule has 0 aromatic carbocycles. The number of amides is 11. The number of allylic oxidation sites excluding steroid dienone is 2. The van der Waals surface area contributed by atoms with Gasteiger partial charge in [-0.3, -0.25) is 52.7 Å². The molecule has 13 atom stereocenters. The number of aliphatic hydroxyl groups is 2. The minimum Gasteiger partial charge on any atom is -0.391 e. The number of primary amides is 1. The van der Waals surface area contributed by atoms with Gasteiger partial charge in [0.1, 0.15) is 54.4 Å². The monoisotopic (exact) mass is 1210 g/mol. The fraction of sp³-hybridized carbons (Fsp3) is 0.787. The predicted molar refractivity (Wildman–Crippen MR) is 327 cm³/mol. The summed E-state index contributed by atoms with van der Waals surface area (Å²) in [6, 6.07) is -11.0. The van der Waals surface area contributed by atoms with Gasteiger partial charge in [0.15, 0.2) is 0 Å². The summed E-state index contributed by atoms with van der Waals surface area (Å²) < 4.78 is 0. The Hall–Kier alpha value is -6.17. The lowest BCUT2D eigenvalue weighted by Gasteiger charge is -2.41. The lowest BCUT2D eigenvalue weighted by atomic mass is 9.91. The lowest BCUT2D eigenvalue weighted by Crippen LogP contribution is -2.63. The topological polar surface area (TPSA) is 313 Å². The highest BCUT2D eigenvalue weighted by atomic mass is 16.3. The van der Waals surface area contributed by atoms with Crippen LogP contribution in [0, 0.1) is 41.4 Å². The highest BCUT2D eigenvalue weighted by molar-refractivity contribution is 5.99. The maximum atomic E-state index is 15.1. The Morgan fingerprint density at radius 3 is 1.36 bits per heavy atom. The van der Waals surface area contributed by atoms with Gasteiger partial charge in [-0.2, -0.15) is 0 Å². The molecule has 0 heterocycles. The fourth-order valence-corrected chi connectivity index (χ4v) is 10.1. The highest BCUT2D eigenvalue weighted by Crippen LogP contribution is 2.25. The third kappa shape index (κ3) is 22.9. The first-order chi connectivity index (χ1) is 39.1. The molecule has 0 aliphatic carbocycles. The third-order valence-electron chi connectivity index (χ3n) is 16.0. The van der Waals surface area contributed by atoms with Crippen LogP contribution in [0.25, 0.3) is 0 Å². The van der Waals surface area contributed by atoms with E-state index in [1.165, 1.54) is 82.8 Å². The number of hydrogen-bond acceptors (Lipinski definition) is 13. The summed E-state index contributed by atoms with van der Waals surface area (Å²) in [6.07, 6.45) is 1.54. The van der Waals surface area contributed by atoms with Crippen LogP contribution in [-0.4, -0.2) is 232 Å². The molecule has 0 fully saturated rings. The summed E-state index contributed by atoms with van der Waals surface area (Å²) in [4.78, 5) is 162. The molecule has 0 saturated carbocycles. The van der Waals surface area contributed by atoms with Crippen LogP contribution in [0.3, 0.4) is 0 Å². The van der Waals surface area contributed by atoms with Crippen molar-refractivity contribution >= 4 is 65.0 Å². The molecule has 0 aliphatic heterocycles. The van der Waals surface area contributed by atoms with Crippen molar-refractivity contribution in [1.29, 1.82) is 0 Å². The van der Waals surface area contributed by atoms with Gasteiger partial charge in [-0.1, -0.05) is 102 Å². The van der Waals surface area contributed by atoms with Gasteiger partial charge in [0, 0.05) is 55.3 Å². The molecule has 2 unspecified atom stereocenters. The van der Waals surface area contributed by atoms with Crippen molar-refractivity contribution in [2.24, 2.45) is 47.2 Å². The van der Waals surface area contributed by atoms with E-state index in [0.717, 1.165) is 14.7 Å². The Morgan fingerprint density at radius 2 is 0.941 bits per heavy atom. The van der Waals surface area contributed by atoms with Crippen molar-refractivity contribution in [3.05, 3.63) is 12.2 Å². The second-order valence-corrected chi connectivity index (χ2v) is 25.3.